The molecule has 0 fully saturated rings. The number of benzene rings is 1. The van der Waals surface area contributed by atoms with Crippen molar-refractivity contribution >= 4 is 22.7 Å². The molecule has 0 radical (unpaired) electrons. The fourth-order valence-corrected chi connectivity index (χ4v) is 4.12. The minimum absolute atomic E-state index is 0.163. The molecule has 2 aromatic rings. The van der Waals surface area contributed by atoms with E-state index in [1.54, 1.807) is 11.3 Å². The molecule has 1 atom stereocenters. The minimum atomic E-state index is 0.163. The SMILES string of the molecule is CCCc1cc(C)c(OCCNC2c3ccsc3N=CN2C)c(C)c1. The van der Waals surface area contributed by atoms with Crippen molar-refractivity contribution in [2.45, 2.75) is 39.8 Å². The summed E-state index contributed by atoms with van der Waals surface area (Å²) in [6.07, 6.45) is 4.35. The van der Waals surface area contributed by atoms with Crippen molar-refractivity contribution in [3.8, 4) is 5.75 Å². The van der Waals surface area contributed by atoms with E-state index in [4.69, 9.17) is 4.74 Å². The molecule has 1 aromatic carbocycles. The first-order valence-electron chi connectivity index (χ1n) is 8.90. The van der Waals surface area contributed by atoms with Crippen LogP contribution < -0.4 is 10.1 Å². The maximum atomic E-state index is 6.08. The largest absolute Gasteiger partial charge is 0.492 e. The molecular weight excluding hydrogens is 330 g/mol. The van der Waals surface area contributed by atoms with E-state index in [0.29, 0.717) is 6.61 Å². The lowest BCUT2D eigenvalue weighted by Crippen LogP contribution is -2.38. The van der Waals surface area contributed by atoms with Gasteiger partial charge < -0.3 is 9.64 Å². The van der Waals surface area contributed by atoms with Gasteiger partial charge in [-0.05, 0) is 48.4 Å². The molecule has 1 unspecified atom stereocenters. The van der Waals surface area contributed by atoms with Gasteiger partial charge in [0.2, 0.25) is 0 Å². The van der Waals surface area contributed by atoms with Gasteiger partial charge in [0.05, 0.1) is 6.34 Å². The Morgan fingerprint density at radius 3 is 2.76 bits per heavy atom. The first-order chi connectivity index (χ1) is 12.1. The Morgan fingerprint density at radius 1 is 1.28 bits per heavy atom. The zero-order valence-electron chi connectivity index (χ0n) is 15.5. The van der Waals surface area contributed by atoms with E-state index in [0.717, 1.165) is 23.7 Å². The highest BCUT2D eigenvalue weighted by molar-refractivity contribution is 7.14. The molecule has 0 aliphatic carbocycles. The number of nitrogens with one attached hydrogen (secondary N) is 1. The molecule has 3 rings (SSSR count). The third kappa shape index (κ3) is 4.05. The summed E-state index contributed by atoms with van der Waals surface area (Å²) in [6, 6.07) is 6.65. The predicted octanol–water partition coefficient (Wildman–Crippen LogP) is 4.59. The van der Waals surface area contributed by atoms with Crippen LogP contribution in [0.4, 0.5) is 5.00 Å². The third-order valence-corrected chi connectivity index (χ3v) is 5.31. The minimum Gasteiger partial charge on any atom is -0.492 e. The van der Waals surface area contributed by atoms with Crippen LogP contribution in [-0.2, 0) is 6.42 Å². The Kier molecular flexibility index (Phi) is 5.76. The van der Waals surface area contributed by atoms with E-state index in [2.05, 4.69) is 59.6 Å². The van der Waals surface area contributed by atoms with Crippen molar-refractivity contribution in [1.29, 1.82) is 0 Å². The standard InChI is InChI=1S/C20H27N3OS/c1-5-6-16-11-14(2)18(15(3)12-16)24-9-8-21-19-17-7-10-25-20(17)22-13-23(19)4/h7,10-13,19,21H,5-6,8-9H2,1-4H3. The summed E-state index contributed by atoms with van der Waals surface area (Å²) >= 11 is 1.68. The first kappa shape index (κ1) is 18.0. The number of nitrogens with zero attached hydrogens (tertiary/aromatic N) is 2. The fraction of sp³-hybridized carbons (Fsp3) is 0.450. The number of rotatable bonds is 7. The van der Waals surface area contributed by atoms with Gasteiger partial charge in [0.15, 0.2) is 0 Å². The smallest absolute Gasteiger partial charge is 0.125 e. The van der Waals surface area contributed by atoms with Crippen molar-refractivity contribution in [1.82, 2.24) is 10.2 Å². The van der Waals surface area contributed by atoms with Crippen LogP contribution in [0.2, 0.25) is 0 Å². The molecule has 25 heavy (non-hydrogen) atoms. The Labute approximate surface area is 154 Å². The highest BCUT2D eigenvalue weighted by Crippen LogP contribution is 2.35. The number of hydrogen-bond acceptors (Lipinski definition) is 5. The van der Waals surface area contributed by atoms with Crippen molar-refractivity contribution in [3.05, 3.63) is 45.8 Å². The van der Waals surface area contributed by atoms with Crippen molar-refractivity contribution < 1.29 is 4.74 Å². The highest BCUT2D eigenvalue weighted by Gasteiger charge is 2.22. The summed E-state index contributed by atoms with van der Waals surface area (Å²) < 4.78 is 6.08. The molecule has 4 nitrogen and oxygen atoms in total. The van der Waals surface area contributed by atoms with Crippen LogP contribution in [0.5, 0.6) is 5.75 Å². The topological polar surface area (TPSA) is 36.9 Å². The summed E-state index contributed by atoms with van der Waals surface area (Å²) in [6.45, 7) is 7.92. The molecule has 2 heterocycles. The van der Waals surface area contributed by atoms with Crippen LogP contribution in [0.3, 0.4) is 0 Å². The van der Waals surface area contributed by atoms with Gasteiger partial charge in [-0.2, -0.15) is 0 Å². The van der Waals surface area contributed by atoms with Crippen molar-refractivity contribution in [3.63, 3.8) is 0 Å². The maximum absolute atomic E-state index is 6.08. The van der Waals surface area contributed by atoms with Gasteiger partial charge in [-0.1, -0.05) is 25.5 Å². The number of aryl methyl sites for hydroxylation is 3. The van der Waals surface area contributed by atoms with Gasteiger partial charge in [0, 0.05) is 19.2 Å². The molecule has 1 N–H and O–H groups in total. The first-order valence-corrected chi connectivity index (χ1v) is 9.78. The van der Waals surface area contributed by atoms with Crippen LogP contribution in [0.1, 0.15) is 41.8 Å². The Morgan fingerprint density at radius 2 is 2.04 bits per heavy atom. The van der Waals surface area contributed by atoms with Crippen LogP contribution >= 0.6 is 11.3 Å². The number of hydrogen-bond donors (Lipinski definition) is 1. The second kappa shape index (κ2) is 8.02. The van der Waals surface area contributed by atoms with Crippen LogP contribution in [-0.4, -0.2) is 31.4 Å². The average Bonchev–Trinajstić information content (AvgIpc) is 3.04. The quantitative estimate of drug-likeness (QED) is 0.736. The van der Waals surface area contributed by atoms with Gasteiger partial charge in [-0.3, -0.25) is 5.32 Å². The number of aliphatic imine (C=N–C) groups is 1. The average molecular weight is 358 g/mol. The van der Waals surface area contributed by atoms with E-state index in [1.807, 2.05) is 13.4 Å². The maximum Gasteiger partial charge on any atom is 0.125 e. The predicted molar refractivity (Wildman–Crippen MR) is 106 cm³/mol. The number of thiophene rings is 1. The third-order valence-electron chi connectivity index (χ3n) is 4.48. The van der Waals surface area contributed by atoms with Gasteiger partial charge in [0.25, 0.3) is 0 Å². The normalized spacial score (nSPS) is 16.2. The molecular formula is C20H27N3OS. The second-order valence-electron chi connectivity index (χ2n) is 6.60. The molecule has 1 aliphatic heterocycles. The Bertz CT molecular complexity index is 730. The zero-order chi connectivity index (χ0) is 17.8. The summed E-state index contributed by atoms with van der Waals surface area (Å²) in [4.78, 5) is 6.56. The molecule has 0 spiro atoms. The lowest BCUT2D eigenvalue weighted by atomic mass is 10.0. The van der Waals surface area contributed by atoms with Gasteiger partial charge in [-0.25, -0.2) is 4.99 Å². The van der Waals surface area contributed by atoms with Crippen molar-refractivity contribution in [2.75, 3.05) is 20.2 Å². The number of fused-ring (bicyclic) bond motifs is 1. The summed E-state index contributed by atoms with van der Waals surface area (Å²) in [5.74, 6) is 1.02. The summed E-state index contributed by atoms with van der Waals surface area (Å²) in [5.41, 5.74) is 5.10. The van der Waals surface area contributed by atoms with Crippen LogP contribution in [0, 0.1) is 13.8 Å². The van der Waals surface area contributed by atoms with E-state index in [9.17, 15) is 0 Å². The highest BCUT2D eigenvalue weighted by atomic mass is 32.1. The van der Waals surface area contributed by atoms with E-state index >= 15 is 0 Å². The molecule has 0 amide bonds. The number of ether oxygens (including phenoxy) is 1. The van der Waals surface area contributed by atoms with E-state index in [-0.39, 0.29) is 6.17 Å². The summed E-state index contributed by atoms with van der Waals surface area (Å²) in [5, 5.41) is 6.76. The fourth-order valence-electron chi connectivity index (χ4n) is 3.36. The molecule has 5 heteroatoms. The molecule has 0 bridgehead atoms. The van der Waals surface area contributed by atoms with E-state index < -0.39 is 0 Å². The Hall–Kier alpha value is -1.85. The van der Waals surface area contributed by atoms with Gasteiger partial charge in [0.1, 0.15) is 23.5 Å². The van der Waals surface area contributed by atoms with Crippen molar-refractivity contribution in [2.24, 2.45) is 4.99 Å². The Balaban J connectivity index is 1.56. The van der Waals surface area contributed by atoms with E-state index in [1.165, 1.54) is 28.7 Å². The summed E-state index contributed by atoms with van der Waals surface area (Å²) in [7, 11) is 2.05. The molecule has 0 saturated heterocycles. The molecule has 0 saturated carbocycles. The van der Waals surface area contributed by atoms with Crippen LogP contribution in [0.15, 0.2) is 28.6 Å². The van der Waals surface area contributed by atoms with Crippen LogP contribution in [0.25, 0.3) is 0 Å². The molecule has 134 valence electrons. The second-order valence-corrected chi connectivity index (χ2v) is 7.50. The molecule has 1 aliphatic rings. The van der Waals surface area contributed by atoms with Gasteiger partial charge >= 0.3 is 0 Å². The zero-order valence-corrected chi connectivity index (χ0v) is 16.3. The molecule has 1 aromatic heterocycles. The lowest BCUT2D eigenvalue weighted by Gasteiger charge is -2.30. The lowest BCUT2D eigenvalue weighted by molar-refractivity contribution is 0.263. The monoisotopic (exact) mass is 357 g/mol. The van der Waals surface area contributed by atoms with Gasteiger partial charge in [-0.15, -0.1) is 11.3 Å².